The highest BCUT2D eigenvalue weighted by molar-refractivity contribution is 6.09. The van der Waals surface area contributed by atoms with E-state index in [1.54, 1.807) is 0 Å². The van der Waals surface area contributed by atoms with Gasteiger partial charge in [-0.1, -0.05) is 218 Å². The summed E-state index contributed by atoms with van der Waals surface area (Å²) in [5.74, 6) is 1.80. The maximum absolute atomic E-state index is 6.45. The van der Waals surface area contributed by atoms with Crippen LogP contribution in [-0.2, 0) is 0 Å². The Labute approximate surface area is 389 Å². The quantitative estimate of drug-likeness (QED) is 0.145. The SMILES string of the molecule is c1ccc(-c2cccc(-c3ccc(-c4nc(-c5cccc(-c6cccc(-c7cccc8c7oc7ccccc78)c6)c5)nc(-c5ccccc5-c5cccc(-c6ccccc6)c5)n4)cc3)c2)cc1. The van der Waals surface area contributed by atoms with Gasteiger partial charge in [0.25, 0.3) is 0 Å². The zero-order chi connectivity index (χ0) is 44.5. The van der Waals surface area contributed by atoms with Crippen molar-refractivity contribution < 1.29 is 4.42 Å². The van der Waals surface area contributed by atoms with E-state index in [9.17, 15) is 0 Å². The van der Waals surface area contributed by atoms with Crippen LogP contribution in [0.3, 0.4) is 0 Å². The van der Waals surface area contributed by atoms with Gasteiger partial charge in [0.2, 0.25) is 0 Å². The van der Waals surface area contributed by atoms with Gasteiger partial charge >= 0.3 is 0 Å². The first-order valence-electron chi connectivity index (χ1n) is 22.6. The predicted molar refractivity (Wildman–Crippen MR) is 276 cm³/mol. The molecule has 0 saturated carbocycles. The molecule has 0 saturated heterocycles. The Morgan fingerprint density at radius 1 is 0.224 bits per heavy atom. The molecular weight excluding hydrogens is 815 g/mol. The van der Waals surface area contributed by atoms with Gasteiger partial charge in [-0.2, -0.15) is 0 Å². The summed E-state index contributed by atoms with van der Waals surface area (Å²) >= 11 is 0. The number of aromatic nitrogens is 3. The van der Waals surface area contributed by atoms with Crippen LogP contribution in [0.25, 0.3) is 123 Å². The first-order chi connectivity index (χ1) is 33.2. The largest absolute Gasteiger partial charge is 0.455 e. The minimum Gasteiger partial charge on any atom is -0.455 e. The number of rotatable bonds is 9. The summed E-state index contributed by atoms with van der Waals surface area (Å²) in [5, 5.41) is 2.23. The lowest BCUT2D eigenvalue weighted by Crippen LogP contribution is -2.01. The molecule has 2 heterocycles. The number of para-hydroxylation sites is 2. The van der Waals surface area contributed by atoms with E-state index in [0.717, 1.165) is 88.7 Å². The molecule has 0 aliphatic rings. The normalized spacial score (nSPS) is 11.3. The van der Waals surface area contributed by atoms with Crippen LogP contribution in [0.15, 0.2) is 253 Å². The second-order valence-electron chi connectivity index (χ2n) is 16.8. The van der Waals surface area contributed by atoms with Crippen LogP contribution in [-0.4, -0.2) is 15.0 Å². The van der Waals surface area contributed by atoms with Crippen molar-refractivity contribution in [3.63, 3.8) is 0 Å². The molecular formula is C63H41N3O. The Kier molecular flexibility index (Phi) is 10.2. The molecule has 0 bridgehead atoms. The Balaban J connectivity index is 0.958. The van der Waals surface area contributed by atoms with Gasteiger partial charge < -0.3 is 4.42 Å². The monoisotopic (exact) mass is 855 g/mol. The average Bonchev–Trinajstić information content (AvgIpc) is 3.81. The number of hydrogen-bond acceptors (Lipinski definition) is 4. The molecule has 0 N–H and O–H groups in total. The van der Waals surface area contributed by atoms with Crippen molar-refractivity contribution in [1.82, 2.24) is 15.0 Å². The van der Waals surface area contributed by atoms with Crippen LogP contribution in [0.2, 0.25) is 0 Å². The lowest BCUT2D eigenvalue weighted by atomic mass is 9.95. The van der Waals surface area contributed by atoms with Gasteiger partial charge in [-0.05, 0) is 91.5 Å². The van der Waals surface area contributed by atoms with E-state index >= 15 is 0 Å². The maximum atomic E-state index is 6.45. The second kappa shape index (κ2) is 17.2. The standard InChI is InChI=1S/C63H41N3O/c1-3-16-42(17-4-1)46-20-11-21-47(38-46)44-34-36-45(37-35-44)61-64-62(66-63(65-61)58-30-8-7-28-54(58)51-25-12-22-48(39-51)43-18-5-2-6-19-43)53-27-14-24-50(41-53)49-23-13-26-52(40-49)55-31-15-32-57-56-29-9-10-33-59(56)67-60(55)57/h1-41H. The number of hydrogen-bond donors (Lipinski definition) is 0. The van der Waals surface area contributed by atoms with Crippen molar-refractivity contribution in [3.8, 4) is 101 Å². The second-order valence-corrected chi connectivity index (χ2v) is 16.8. The molecule has 314 valence electrons. The fourth-order valence-electron chi connectivity index (χ4n) is 9.18. The lowest BCUT2D eigenvalue weighted by molar-refractivity contribution is 0.670. The van der Waals surface area contributed by atoms with Gasteiger partial charge in [-0.3, -0.25) is 0 Å². The molecule has 0 aliphatic heterocycles. The summed E-state index contributed by atoms with van der Waals surface area (Å²) in [6, 6.07) is 87.1. The van der Waals surface area contributed by atoms with Gasteiger partial charge in [-0.25, -0.2) is 15.0 Å². The summed E-state index contributed by atoms with van der Waals surface area (Å²) in [7, 11) is 0. The number of nitrogens with zero attached hydrogens (tertiary/aromatic N) is 3. The zero-order valence-electron chi connectivity index (χ0n) is 36.4. The van der Waals surface area contributed by atoms with Crippen LogP contribution < -0.4 is 0 Å². The predicted octanol–water partition coefficient (Wildman–Crippen LogP) is 16.8. The molecule has 2 aromatic heterocycles. The summed E-state index contributed by atoms with van der Waals surface area (Å²) in [6.45, 7) is 0. The molecule has 10 aromatic carbocycles. The number of furan rings is 1. The van der Waals surface area contributed by atoms with E-state index < -0.39 is 0 Å². The van der Waals surface area contributed by atoms with Gasteiger partial charge in [0.15, 0.2) is 17.5 Å². The van der Waals surface area contributed by atoms with E-state index in [2.05, 4.69) is 224 Å². The summed E-state index contributed by atoms with van der Waals surface area (Å²) in [5.41, 5.74) is 17.9. The van der Waals surface area contributed by atoms with Gasteiger partial charge in [0, 0.05) is 33.0 Å². The third-order valence-electron chi connectivity index (χ3n) is 12.6. The van der Waals surface area contributed by atoms with Crippen LogP contribution in [0, 0.1) is 0 Å². The van der Waals surface area contributed by atoms with Crippen molar-refractivity contribution in [2.45, 2.75) is 0 Å². The Bertz CT molecular complexity index is 3740. The summed E-state index contributed by atoms with van der Waals surface area (Å²) in [6.07, 6.45) is 0. The van der Waals surface area contributed by atoms with Gasteiger partial charge in [0.1, 0.15) is 11.2 Å². The third kappa shape index (κ3) is 7.77. The van der Waals surface area contributed by atoms with Crippen molar-refractivity contribution in [3.05, 3.63) is 249 Å². The molecule has 0 fully saturated rings. The first-order valence-corrected chi connectivity index (χ1v) is 22.6. The minimum atomic E-state index is 0.595. The molecule has 12 rings (SSSR count). The Morgan fingerprint density at radius 3 is 1.24 bits per heavy atom. The molecule has 0 amide bonds. The van der Waals surface area contributed by atoms with Gasteiger partial charge in [0.05, 0.1) is 0 Å². The fourth-order valence-corrected chi connectivity index (χ4v) is 9.18. The molecule has 0 spiro atoms. The van der Waals surface area contributed by atoms with E-state index in [4.69, 9.17) is 19.4 Å². The molecule has 0 radical (unpaired) electrons. The van der Waals surface area contributed by atoms with Crippen LogP contribution in [0.4, 0.5) is 0 Å². The number of fused-ring (bicyclic) bond motifs is 3. The van der Waals surface area contributed by atoms with Crippen LogP contribution >= 0.6 is 0 Å². The van der Waals surface area contributed by atoms with Crippen LogP contribution in [0.1, 0.15) is 0 Å². The van der Waals surface area contributed by atoms with E-state index in [1.807, 2.05) is 24.3 Å². The minimum absolute atomic E-state index is 0.595. The highest BCUT2D eigenvalue weighted by atomic mass is 16.3. The van der Waals surface area contributed by atoms with Crippen molar-refractivity contribution in [2.75, 3.05) is 0 Å². The van der Waals surface area contributed by atoms with Gasteiger partial charge in [-0.15, -0.1) is 0 Å². The Hall–Kier alpha value is -8.99. The van der Waals surface area contributed by atoms with Crippen molar-refractivity contribution >= 4 is 21.9 Å². The first kappa shape index (κ1) is 39.6. The van der Waals surface area contributed by atoms with Crippen molar-refractivity contribution in [2.24, 2.45) is 0 Å². The highest BCUT2D eigenvalue weighted by Gasteiger charge is 2.18. The number of benzene rings is 10. The highest BCUT2D eigenvalue weighted by Crippen LogP contribution is 2.39. The molecule has 0 aliphatic carbocycles. The Morgan fingerprint density at radius 2 is 0.597 bits per heavy atom. The van der Waals surface area contributed by atoms with E-state index in [-0.39, 0.29) is 0 Å². The molecule has 4 heteroatoms. The summed E-state index contributed by atoms with van der Waals surface area (Å²) < 4.78 is 6.45. The third-order valence-corrected chi connectivity index (χ3v) is 12.6. The summed E-state index contributed by atoms with van der Waals surface area (Å²) in [4.78, 5) is 15.8. The average molecular weight is 856 g/mol. The maximum Gasteiger partial charge on any atom is 0.164 e. The lowest BCUT2D eigenvalue weighted by Gasteiger charge is -2.14. The molecule has 0 atom stereocenters. The molecule has 4 nitrogen and oxygen atoms in total. The smallest absolute Gasteiger partial charge is 0.164 e. The van der Waals surface area contributed by atoms with E-state index in [0.29, 0.717) is 17.5 Å². The fraction of sp³-hybridized carbons (Fsp3) is 0. The zero-order valence-corrected chi connectivity index (χ0v) is 36.4. The van der Waals surface area contributed by atoms with E-state index in [1.165, 1.54) is 16.7 Å². The molecule has 0 unspecified atom stereocenters. The van der Waals surface area contributed by atoms with Crippen molar-refractivity contribution in [1.29, 1.82) is 0 Å². The topological polar surface area (TPSA) is 51.8 Å². The molecule has 12 aromatic rings. The van der Waals surface area contributed by atoms with Crippen LogP contribution in [0.5, 0.6) is 0 Å². The molecule has 67 heavy (non-hydrogen) atoms.